The van der Waals surface area contributed by atoms with Crippen LogP contribution in [0.25, 0.3) is 11.2 Å². The van der Waals surface area contributed by atoms with Crippen LogP contribution in [0.15, 0.2) is 4.63 Å². The van der Waals surface area contributed by atoms with Crippen molar-refractivity contribution < 1.29 is 9.37 Å². The van der Waals surface area contributed by atoms with Gasteiger partial charge in [-0.3, -0.25) is 0 Å². The maximum atomic E-state index is 5.70. The summed E-state index contributed by atoms with van der Waals surface area (Å²) in [6, 6.07) is 0. The van der Waals surface area contributed by atoms with Crippen molar-refractivity contribution in [3.05, 3.63) is 0 Å². The Bertz CT molecular complexity index is 535. The molecule has 1 aliphatic carbocycles. The highest BCUT2D eigenvalue weighted by atomic mass is 16.6. The van der Waals surface area contributed by atoms with Gasteiger partial charge in [0.25, 0.3) is 5.88 Å². The van der Waals surface area contributed by atoms with Gasteiger partial charge in [-0.15, -0.1) is 0 Å². The molecule has 1 aliphatic rings. The van der Waals surface area contributed by atoms with Crippen molar-refractivity contribution in [3.8, 4) is 5.88 Å². The predicted octanol–water partition coefficient (Wildman–Crippen LogP) is 1.55. The first-order valence-electron chi connectivity index (χ1n) is 6.21. The van der Waals surface area contributed by atoms with Gasteiger partial charge in [0.2, 0.25) is 17.1 Å². The third-order valence-corrected chi connectivity index (χ3v) is 3.29. The largest absolute Gasteiger partial charge is 0.476 e. The van der Waals surface area contributed by atoms with E-state index in [2.05, 4.69) is 24.9 Å². The summed E-state index contributed by atoms with van der Waals surface area (Å²) in [6.45, 7) is 0.637. The average Bonchev–Trinajstić information content (AvgIpc) is 2.85. The van der Waals surface area contributed by atoms with Crippen molar-refractivity contribution in [3.63, 3.8) is 0 Å². The van der Waals surface area contributed by atoms with Crippen molar-refractivity contribution >= 4 is 17.1 Å². The second-order valence-electron chi connectivity index (χ2n) is 4.64. The standard InChI is InChI=1S/C11H15N5O2/c12-11-13-9-8(15-18-16-9)10(14-11)17-6-7-4-2-1-3-5-7/h7H,1-6H2,(H2,12,13,16). The molecule has 2 N–H and O–H groups in total. The number of nitrogens with zero attached hydrogens (tertiary/aromatic N) is 4. The highest BCUT2D eigenvalue weighted by Gasteiger charge is 2.17. The SMILES string of the molecule is Nc1nc(OCC2CCCCC2)c2nonc2n1. The normalized spacial score (nSPS) is 17.1. The fraction of sp³-hybridized carbons (Fsp3) is 0.636. The zero-order valence-electron chi connectivity index (χ0n) is 10.0. The Morgan fingerprint density at radius 3 is 2.83 bits per heavy atom. The summed E-state index contributed by atoms with van der Waals surface area (Å²) >= 11 is 0. The third kappa shape index (κ3) is 2.20. The molecule has 2 aromatic heterocycles. The fourth-order valence-electron chi connectivity index (χ4n) is 2.33. The summed E-state index contributed by atoms with van der Waals surface area (Å²) in [7, 11) is 0. The molecular weight excluding hydrogens is 234 g/mol. The molecule has 3 rings (SSSR count). The summed E-state index contributed by atoms with van der Waals surface area (Å²) in [6.07, 6.45) is 6.30. The van der Waals surface area contributed by atoms with Crippen LogP contribution in [0, 0.1) is 5.92 Å². The smallest absolute Gasteiger partial charge is 0.251 e. The van der Waals surface area contributed by atoms with Crippen molar-refractivity contribution in [2.75, 3.05) is 12.3 Å². The molecule has 1 saturated carbocycles. The minimum Gasteiger partial charge on any atom is -0.476 e. The van der Waals surface area contributed by atoms with E-state index < -0.39 is 0 Å². The molecule has 0 aromatic carbocycles. The van der Waals surface area contributed by atoms with Crippen LogP contribution < -0.4 is 10.5 Å². The van der Waals surface area contributed by atoms with Crippen LogP contribution in [0.4, 0.5) is 5.95 Å². The van der Waals surface area contributed by atoms with Gasteiger partial charge in [-0.05, 0) is 29.1 Å². The summed E-state index contributed by atoms with van der Waals surface area (Å²) in [4.78, 5) is 7.95. The number of hydrogen-bond acceptors (Lipinski definition) is 7. The number of anilines is 1. The lowest BCUT2D eigenvalue weighted by molar-refractivity contribution is 0.204. The van der Waals surface area contributed by atoms with E-state index in [-0.39, 0.29) is 5.95 Å². The van der Waals surface area contributed by atoms with Crippen LogP contribution in [-0.4, -0.2) is 26.9 Å². The lowest BCUT2D eigenvalue weighted by atomic mass is 9.90. The molecule has 0 amide bonds. The molecule has 0 saturated heterocycles. The molecule has 1 fully saturated rings. The number of nitrogens with two attached hydrogens (primary N) is 1. The zero-order valence-corrected chi connectivity index (χ0v) is 10.0. The lowest BCUT2D eigenvalue weighted by Gasteiger charge is -2.21. The number of rotatable bonds is 3. The van der Waals surface area contributed by atoms with Gasteiger partial charge >= 0.3 is 0 Å². The van der Waals surface area contributed by atoms with Crippen LogP contribution in [0.2, 0.25) is 0 Å². The predicted molar refractivity (Wildman–Crippen MR) is 63.9 cm³/mol. The zero-order chi connectivity index (χ0) is 12.4. The number of ether oxygens (including phenoxy) is 1. The highest BCUT2D eigenvalue weighted by molar-refractivity contribution is 5.75. The topological polar surface area (TPSA) is 100.0 Å². The van der Waals surface area contributed by atoms with Crippen LogP contribution in [-0.2, 0) is 0 Å². The Morgan fingerprint density at radius 1 is 1.17 bits per heavy atom. The summed E-state index contributed by atoms with van der Waals surface area (Å²) in [5.41, 5.74) is 6.35. The van der Waals surface area contributed by atoms with Gasteiger partial charge in [-0.2, -0.15) is 9.97 Å². The molecule has 2 aromatic rings. The molecule has 2 heterocycles. The Hall–Kier alpha value is -1.92. The van der Waals surface area contributed by atoms with Crippen molar-refractivity contribution in [1.29, 1.82) is 0 Å². The van der Waals surface area contributed by atoms with Gasteiger partial charge < -0.3 is 10.5 Å². The number of nitrogen functional groups attached to an aromatic ring is 1. The van der Waals surface area contributed by atoms with Gasteiger partial charge in [-0.25, -0.2) is 4.63 Å². The van der Waals surface area contributed by atoms with E-state index in [1.807, 2.05) is 0 Å². The molecule has 0 unspecified atom stereocenters. The van der Waals surface area contributed by atoms with Crippen molar-refractivity contribution in [2.45, 2.75) is 32.1 Å². The maximum Gasteiger partial charge on any atom is 0.251 e. The van der Waals surface area contributed by atoms with Crippen molar-refractivity contribution in [2.24, 2.45) is 5.92 Å². The van der Waals surface area contributed by atoms with Gasteiger partial charge in [-0.1, -0.05) is 19.3 Å². The Balaban J connectivity index is 1.75. The number of hydrogen-bond donors (Lipinski definition) is 1. The van der Waals surface area contributed by atoms with Gasteiger partial charge in [0, 0.05) is 0 Å². The van der Waals surface area contributed by atoms with Crippen molar-refractivity contribution in [1.82, 2.24) is 20.3 Å². The van der Waals surface area contributed by atoms with E-state index in [0.29, 0.717) is 29.6 Å². The molecule has 18 heavy (non-hydrogen) atoms. The van der Waals surface area contributed by atoms with Crippen LogP contribution >= 0.6 is 0 Å². The summed E-state index contributed by atoms with van der Waals surface area (Å²) in [5, 5.41) is 7.37. The Morgan fingerprint density at radius 2 is 2.00 bits per heavy atom. The molecule has 7 nitrogen and oxygen atoms in total. The monoisotopic (exact) mass is 249 g/mol. The highest BCUT2D eigenvalue weighted by Crippen LogP contribution is 2.26. The summed E-state index contributed by atoms with van der Waals surface area (Å²) in [5.74, 6) is 1.08. The average molecular weight is 249 g/mol. The first-order valence-corrected chi connectivity index (χ1v) is 6.21. The molecule has 96 valence electrons. The fourth-order valence-corrected chi connectivity index (χ4v) is 2.33. The van der Waals surface area contributed by atoms with E-state index in [9.17, 15) is 0 Å². The second-order valence-corrected chi connectivity index (χ2v) is 4.64. The first-order chi connectivity index (χ1) is 8.83. The molecule has 0 bridgehead atoms. The molecule has 7 heteroatoms. The number of aromatic nitrogens is 4. The maximum absolute atomic E-state index is 5.70. The minimum absolute atomic E-state index is 0.122. The Kier molecular flexibility index (Phi) is 2.95. The first kappa shape index (κ1) is 11.2. The molecule has 0 spiro atoms. The second kappa shape index (κ2) is 4.75. The van der Waals surface area contributed by atoms with E-state index in [4.69, 9.17) is 10.5 Å². The number of fused-ring (bicyclic) bond motifs is 1. The molecule has 0 atom stereocenters. The van der Waals surface area contributed by atoms with Gasteiger partial charge in [0.15, 0.2) is 0 Å². The molecule has 0 radical (unpaired) electrons. The van der Waals surface area contributed by atoms with Crippen LogP contribution in [0.3, 0.4) is 0 Å². The van der Waals surface area contributed by atoms with E-state index >= 15 is 0 Å². The minimum atomic E-state index is 0.122. The van der Waals surface area contributed by atoms with Crippen LogP contribution in [0.5, 0.6) is 5.88 Å². The Labute approximate surface area is 104 Å². The van der Waals surface area contributed by atoms with Crippen LogP contribution in [0.1, 0.15) is 32.1 Å². The third-order valence-electron chi connectivity index (χ3n) is 3.29. The molecular formula is C11H15N5O2. The quantitative estimate of drug-likeness (QED) is 0.880. The summed E-state index contributed by atoms with van der Waals surface area (Å²) < 4.78 is 10.3. The van der Waals surface area contributed by atoms with Gasteiger partial charge in [0.05, 0.1) is 6.61 Å². The van der Waals surface area contributed by atoms with E-state index in [1.54, 1.807) is 0 Å². The van der Waals surface area contributed by atoms with Gasteiger partial charge in [0.1, 0.15) is 0 Å². The van der Waals surface area contributed by atoms with E-state index in [0.717, 1.165) is 0 Å². The van der Waals surface area contributed by atoms with E-state index in [1.165, 1.54) is 32.1 Å². The lowest BCUT2D eigenvalue weighted by Crippen LogP contribution is -2.16. The molecule has 0 aliphatic heterocycles.